The van der Waals surface area contributed by atoms with Crippen LogP contribution in [0, 0.1) is 6.92 Å². The van der Waals surface area contributed by atoms with Crippen LogP contribution in [0.3, 0.4) is 0 Å². The van der Waals surface area contributed by atoms with E-state index in [1.165, 1.54) is 82.8 Å². The second-order valence-electron chi connectivity index (χ2n) is 11.9. The summed E-state index contributed by atoms with van der Waals surface area (Å²) >= 11 is 0. The minimum Gasteiger partial charge on any atom is -0.309 e. The zero-order valence-electron chi connectivity index (χ0n) is 25.0. The van der Waals surface area contributed by atoms with Crippen molar-refractivity contribution in [2.75, 3.05) is 0 Å². The van der Waals surface area contributed by atoms with E-state index in [0.29, 0.717) is 0 Å². The molecule has 2 nitrogen and oxygen atoms in total. The van der Waals surface area contributed by atoms with E-state index in [1.807, 2.05) is 0 Å². The summed E-state index contributed by atoms with van der Waals surface area (Å²) < 4.78 is 4.81. The predicted octanol–water partition coefficient (Wildman–Crippen LogP) is 11.5. The molecular formula is C43H30N2. The van der Waals surface area contributed by atoms with Gasteiger partial charge in [-0.2, -0.15) is 0 Å². The molecule has 0 aliphatic heterocycles. The van der Waals surface area contributed by atoms with Gasteiger partial charge >= 0.3 is 0 Å². The van der Waals surface area contributed by atoms with Gasteiger partial charge in [-0.05, 0) is 89.3 Å². The first-order chi connectivity index (χ1) is 22.2. The van der Waals surface area contributed by atoms with Crippen LogP contribution in [-0.2, 0) is 0 Å². The second kappa shape index (κ2) is 10.1. The van der Waals surface area contributed by atoms with E-state index < -0.39 is 0 Å². The predicted molar refractivity (Wildman–Crippen MR) is 191 cm³/mol. The van der Waals surface area contributed by atoms with E-state index in [-0.39, 0.29) is 0 Å². The maximum absolute atomic E-state index is 2.44. The number of rotatable bonds is 4. The summed E-state index contributed by atoms with van der Waals surface area (Å²) in [5.41, 5.74) is 13.4. The minimum atomic E-state index is 1.17. The number of nitrogens with zero attached hydrogens (tertiary/aromatic N) is 2. The molecule has 0 atom stereocenters. The van der Waals surface area contributed by atoms with E-state index in [2.05, 4.69) is 180 Å². The van der Waals surface area contributed by atoms with Crippen molar-refractivity contribution in [3.8, 4) is 33.6 Å². The quantitative estimate of drug-likeness (QED) is 0.198. The first-order valence-corrected chi connectivity index (χ1v) is 15.5. The second-order valence-corrected chi connectivity index (χ2v) is 11.9. The number of aromatic nitrogens is 2. The molecule has 0 fully saturated rings. The van der Waals surface area contributed by atoms with Gasteiger partial charge in [0, 0.05) is 32.9 Å². The zero-order valence-corrected chi connectivity index (χ0v) is 25.0. The van der Waals surface area contributed by atoms with Crippen molar-refractivity contribution in [2.45, 2.75) is 6.92 Å². The Morgan fingerprint density at radius 3 is 1.67 bits per heavy atom. The molecule has 0 N–H and O–H groups in total. The van der Waals surface area contributed by atoms with Gasteiger partial charge in [0.15, 0.2) is 0 Å². The Labute approximate surface area is 262 Å². The Kier molecular flexibility index (Phi) is 5.76. The monoisotopic (exact) mass is 574 g/mol. The highest BCUT2D eigenvalue weighted by molar-refractivity contribution is 6.12. The first kappa shape index (κ1) is 25.6. The molecule has 9 rings (SSSR count). The van der Waals surface area contributed by atoms with E-state index in [4.69, 9.17) is 0 Å². The molecule has 0 radical (unpaired) electrons. The molecule has 0 aliphatic rings. The van der Waals surface area contributed by atoms with Crippen LogP contribution in [0.15, 0.2) is 164 Å². The van der Waals surface area contributed by atoms with Gasteiger partial charge in [0.05, 0.1) is 22.1 Å². The molecule has 7 aromatic carbocycles. The number of hydrogen-bond donors (Lipinski definition) is 0. The van der Waals surface area contributed by atoms with E-state index in [9.17, 15) is 0 Å². The lowest BCUT2D eigenvalue weighted by Gasteiger charge is -2.12. The third-order valence-electron chi connectivity index (χ3n) is 9.22. The van der Waals surface area contributed by atoms with Crippen LogP contribution in [0.1, 0.15) is 5.56 Å². The molecule has 0 aliphatic carbocycles. The summed E-state index contributed by atoms with van der Waals surface area (Å²) in [5.74, 6) is 0. The van der Waals surface area contributed by atoms with Gasteiger partial charge in [0.1, 0.15) is 0 Å². The van der Waals surface area contributed by atoms with Gasteiger partial charge in [-0.3, -0.25) is 0 Å². The lowest BCUT2D eigenvalue weighted by molar-refractivity contribution is 1.17. The van der Waals surface area contributed by atoms with Crippen LogP contribution < -0.4 is 0 Å². The van der Waals surface area contributed by atoms with E-state index in [1.54, 1.807) is 0 Å². The maximum atomic E-state index is 2.44. The van der Waals surface area contributed by atoms with Gasteiger partial charge in [0.2, 0.25) is 0 Å². The van der Waals surface area contributed by atoms with Gasteiger partial charge in [0.25, 0.3) is 0 Å². The normalized spacial score (nSPS) is 11.7. The molecule has 2 heterocycles. The van der Waals surface area contributed by atoms with Gasteiger partial charge < -0.3 is 9.13 Å². The molecule has 0 amide bonds. The summed E-state index contributed by atoms with van der Waals surface area (Å²) in [4.78, 5) is 0. The third-order valence-corrected chi connectivity index (χ3v) is 9.22. The number of para-hydroxylation sites is 3. The minimum absolute atomic E-state index is 1.17. The van der Waals surface area contributed by atoms with Crippen molar-refractivity contribution < 1.29 is 0 Å². The highest BCUT2D eigenvalue weighted by atomic mass is 15.0. The highest BCUT2D eigenvalue weighted by Crippen LogP contribution is 2.38. The molecular weight excluding hydrogens is 544 g/mol. The standard InChI is InChI=1S/C43H30N2/c1-29-12-10-20-37-39-27-32(30-13-4-2-5-14-30)22-25-42(39)45(43(29)37)35-18-11-15-31(26-35)33-23-24-41-38(28-33)36-19-8-9-21-40(36)44(41)34-16-6-3-7-17-34/h2-28H,1H3. The zero-order chi connectivity index (χ0) is 29.9. The number of hydrogen-bond acceptors (Lipinski definition) is 0. The van der Waals surface area contributed by atoms with Crippen molar-refractivity contribution in [3.05, 3.63) is 169 Å². The topological polar surface area (TPSA) is 9.86 Å². The van der Waals surface area contributed by atoms with Crippen molar-refractivity contribution in [1.29, 1.82) is 0 Å². The fourth-order valence-electron chi connectivity index (χ4n) is 7.15. The van der Waals surface area contributed by atoms with Crippen LogP contribution in [0.2, 0.25) is 0 Å². The van der Waals surface area contributed by atoms with Crippen LogP contribution in [0.25, 0.3) is 77.2 Å². The van der Waals surface area contributed by atoms with Crippen LogP contribution >= 0.6 is 0 Å². The SMILES string of the molecule is Cc1cccc2c3cc(-c4ccccc4)ccc3n(-c3cccc(-c4ccc5c(c4)c4ccccc4n5-c4ccccc4)c3)c12. The highest BCUT2D eigenvalue weighted by Gasteiger charge is 2.17. The lowest BCUT2D eigenvalue weighted by atomic mass is 10.0. The summed E-state index contributed by atoms with van der Waals surface area (Å²) in [6.45, 7) is 2.22. The third kappa shape index (κ3) is 4.03. The fourth-order valence-corrected chi connectivity index (χ4v) is 7.15. The Balaban J connectivity index is 1.23. The maximum Gasteiger partial charge on any atom is 0.0570 e. The Hall–Kier alpha value is -5.86. The Morgan fingerprint density at radius 2 is 0.867 bits per heavy atom. The van der Waals surface area contributed by atoms with Crippen LogP contribution in [-0.4, -0.2) is 9.13 Å². The van der Waals surface area contributed by atoms with E-state index >= 15 is 0 Å². The van der Waals surface area contributed by atoms with Crippen molar-refractivity contribution in [1.82, 2.24) is 9.13 Å². The average Bonchev–Trinajstić information content (AvgIpc) is 3.62. The smallest absolute Gasteiger partial charge is 0.0570 e. The van der Waals surface area contributed by atoms with Crippen LogP contribution in [0.4, 0.5) is 0 Å². The molecule has 9 aromatic rings. The molecule has 0 saturated carbocycles. The van der Waals surface area contributed by atoms with Crippen molar-refractivity contribution in [2.24, 2.45) is 0 Å². The Bertz CT molecular complexity index is 2530. The molecule has 0 unspecified atom stereocenters. The first-order valence-electron chi connectivity index (χ1n) is 15.5. The summed E-state index contributed by atoms with van der Waals surface area (Å²) in [7, 11) is 0. The molecule has 2 heteroatoms. The van der Waals surface area contributed by atoms with Crippen molar-refractivity contribution in [3.63, 3.8) is 0 Å². The summed E-state index contributed by atoms with van der Waals surface area (Å²) in [6.07, 6.45) is 0. The van der Waals surface area contributed by atoms with Gasteiger partial charge in [-0.15, -0.1) is 0 Å². The summed E-state index contributed by atoms with van der Waals surface area (Å²) in [5, 5.41) is 5.08. The lowest BCUT2D eigenvalue weighted by Crippen LogP contribution is -1.96. The van der Waals surface area contributed by atoms with Crippen LogP contribution in [0.5, 0.6) is 0 Å². The van der Waals surface area contributed by atoms with Gasteiger partial charge in [-0.1, -0.05) is 109 Å². The van der Waals surface area contributed by atoms with Crippen molar-refractivity contribution >= 4 is 43.6 Å². The molecule has 2 aromatic heterocycles. The molecule has 0 spiro atoms. The average molecular weight is 575 g/mol. The fraction of sp³-hybridized carbons (Fsp3) is 0.0233. The molecule has 212 valence electrons. The molecule has 0 saturated heterocycles. The molecule has 0 bridgehead atoms. The summed E-state index contributed by atoms with van der Waals surface area (Å²) in [6, 6.07) is 59.5. The molecule has 45 heavy (non-hydrogen) atoms. The van der Waals surface area contributed by atoms with E-state index in [0.717, 1.165) is 0 Å². The largest absolute Gasteiger partial charge is 0.309 e. The number of benzene rings is 7. The number of fused-ring (bicyclic) bond motifs is 6. The number of aryl methyl sites for hydroxylation is 1. The van der Waals surface area contributed by atoms with Gasteiger partial charge in [-0.25, -0.2) is 0 Å². The Morgan fingerprint density at radius 1 is 0.333 bits per heavy atom.